The van der Waals surface area contributed by atoms with Crippen LogP contribution in [-0.4, -0.2) is 20.9 Å². The Morgan fingerprint density at radius 3 is 2.84 bits per heavy atom. The standard InChI is InChI=1S/C14H13ClN2O2/c15-12-7-10(5-6-11(12)14(18)19)17-13-4-2-1-3-9(13)8-16-17/h5-8H,1-4H2,(H,18,19). The highest BCUT2D eigenvalue weighted by Crippen LogP contribution is 2.26. The lowest BCUT2D eigenvalue weighted by atomic mass is 9.98. The van der Waals surface area contributed by atoms with E-state index in [1.165, 1.54) is 30.2 Å². The maximum absolute atomic E-state index is 10.9. The molecule has 0 aliphatic heterocycles. The Morgan fingerprint density at radius 2 is 2.11 bits per heavy atom. The van der Waals surface area contributed by atoms with Gasteiger partial charge in [0, 0.05) is 5.69 Å². The minimum absolute atomic E-state index is 0.117. The molecule has 4 nitrogen and oxygen atoms in total. The van der Waals surface area contributed by atoms with E-state index in [1.807, 2.05) is 10.9 Å². The van der Waals surface area contributed by atoms with Crippen molar-refractivity contribution < 1.29 is 9.90 Å². The monoisotopic (exact) mass is 276 g/mol. The van der Waals surface area contributed by atoms with E-state index in [2.05, 4.69) is 5.10 Å². The molecule has 5 heteroatoms. The van der Waals surface area contributed by atoms with Gasteiger partial charge < -0.3 is 5.11 Å². The van der Waals surface area contributed by atoms with E-state index < -0.39 is 5.97 Å². The van der Waals surface area contributed by atoms with Crippen LogP contribution in [0.1, 0.15) is 34.5 Å². The molecule has 1 aromatic heterocycles. The van der Waals surface area contributed by atoms with Gasteiger partial charge in [-0.3, -0.25) is 0 Å². The number of hydrogen-bond acceptors (Lipinski definition) is 2. The summed E-state index contributed by atoms with van der Waals surface area (Å²) in [5, 5.41) is 13.6. The molecular formula is C14H13ClN2O2. The number of carbonyl (C=O) groups is 1. The fourth-order valence-electron chi connectivity index (χ4n) is 2.52. The van der Waals surface area contributed by atoms with Crippen molar-refractivity contribution in [3.05, 3.63) is 46.2 Å². The lowest BCUT2D eigenvalue weighted by molar-refractivity contribution is 0.0697. The van der Waals surface area contributed by atoms with Gasteiger partial charge in [-0.05, 0) is 49.4 Å². The van der Waals surface area contributed by atoms with Crippen molar-refractivity contribution >= 4 is 17.6 Å². The topological polar surface area (TPSA) is 55.1 Å². The van der Waals surface area contributed by atoms with E-state index >= 15 is 0 Å². The zero-order valence-corrected chi connectivity index (χ0v) is 11.0. The highest BCUT2D eigenvalue weighted by molar-refractivity contribution is 6.33. The maximum atomic E-state index is 10.9. The first-order chi connectivity index (χ1) is 9.16. The fraction of sp³-hybridized carbons (Fsp3) is 0.286. The molecule has 0 radical (unpaired) electrons. The smallest absolute Gasteiger partial charge is 0.337 e. The van der Waals surface area contributed by atoms with Gasteiger partial charge in [-0.25, -0.2) is 9.48 Å². The molecular weight excluding hydrogens is 264 g/mol. The second kappa shape index (κ2) is 4.70. The van der Waals surface area contributed by atoms with Crippen LogP contribution in [0.2, 0.25) is 5.02 Å². The summed E-state index contributed by atoms with van der Waals surface area (Å²) in [6.45, 7) is 0. The van der Waals surface area contributed by atoms with Crippen molar-refractivity contribution in [3.63, 3.8) is 0 Å². The summed E-state index contributed by atoms with van der Waals surface area (Å²) in [4.78, 5) is 10.9. The first-order valence-corrected chi connectivity index (χ1v) is 6.63. The highest BCUT2D eigenvalue weighted by atomic mass is 35.5. The van der Waals surface area contributed by atoms with Crippen LogP contribution in [0.4, 0.5) is 0 Å². The molecule has 1 N–H and O–H groups in total. The summed E-state index contributed by atoms with van der Waals surface area (Å²) < 4.78 is 1.87. The van der Waals surface area contributed by atoms with Crippen molar-refractivity contribution in [3.8, 4) is 5.69 Å². The quantitative estimate of drug-likeness (QED) is 0.917. The molecule has 0 fully saturated rings. The largest absolute Gasteiger partial charge is 0.478 e. The normalized spacial score (nSPS) is 14.2. The number of halogens is 1. The second-order valence-electron chi connectivity index (χ2n) is 4.70. The fourth-order valence-corrected chi connectivity index (χ4v) is 2.78. The molecule has 0 saturated carbocycles. The van der Waals surface area contributed by atoms with Gasteiger partial charge in [0.05, 0.1) is 22.5 Å². The van der Waals surface area contributed by atoms with Gasteiger partial charge in [0.15, 0.2) is 0 Å². The molecule has 2 aromatic rings. The number of aromatic carboxylic acids is 1. The number of rotatable bonds is 2. The molecule has 0 bridgehead atoms. The SMILES string of the molecule is O=C(O)c1ccc(-n2ncc3c2CCCC3)cc1Cl. The number of fused-ring (bicyclic) bond motifs is 1. The van der Waals surface area contributed by atoms with E-state index in [0.717, 1.165) is 18.5 Å². The molecule has 1 aromatic carbocycles. The molecule has 3 rings (SSSR count). The van der Waals surface area contributed by atoms with E-state index in [0.29, 0.717) is 0 Å². The lowest BCUT2D eigenvalue weighted by Gasteiger charge is -2.14. The molecule has 0 atom stereocenters. The molecule has 98 valence electrons. The summed E-state index contributed by atoms with van der Waals surface area (Å²) in [6.07, 6.45) is 6.34. The van der Waals surface area contributed by atoms with Crippen LogP contribution in [0, 0.1) is 0 Å². The summed E-state index contributed by atoms with van der Waals surface area (Å²) >= 11 is 6.00. The summed E-state index contributed by atoms with van der Waals surface area (Å²) in [5.74, 6) is -1.01. The second-order valence-corrected chi connectivity index (χ2v) is 5.11. The average Bonchev–Trinajstić information content (AvgIpc) is 2.82. The minimum atomic E-state index is -1.01. The Bertz CT molecular complexity index is 649. The third-order valence-corrected chi connectivity index (χ3v) is 3.81. The van der Waals surface area contributed by atoms with Crippen molar-refractivity contribution in [1.29, 1.82) is 0 Å². The predicted octanol–water partition coefficient (Wildman–Crippen LogP) is 3.10. The Morgan fingerprint density at radius 1 is 1.32 bits per heavy atom. The molecule has 0 spiro atoms. The van der Waals surface area contributed by atoms with Gasteiger partial charge >= 0.3 is 5.97 Å². The lowest BCUT2D eigenvalue weighted by Crippen LogP contribution is -2.08. The predicted molar refractivity (Wildman–Crippen MR) is 72.2 cm³/mol. The first kappa shape index (κ1) is 12.2. The molecule has 0 unspecified atom stereocenters. The molecule has 19 heavy (non-hydrogen) atoms. The molecule has 1 heterocycles. The zero-order valence-electron chi connectivity index (χ0n) is 10.3. The van der Waals surface area contributed by atoms with E-state index in [-0.39, 0.29) is 10.6 Å². The highest BCUT2D eigenvalue weighted by Gasteiger charge is 2.17. The van der Waals surface area contributed by atoms with Gasteiger partial charge in [-0.15, -0.1) is 0 Å². The van der Waals surface area contributed by atoms with Crippen molar-refractivity contribution in [2.24, 2.45) is 0 Å². The van der Waals surface area contributed by atoms with Gasteiger partial charge in [-0.2, -0.15) is 5.10 Å². The third-order valence-electron chi connectivity index (χ3n) is 3.49. The Kier molecular flexibility index (Phi) is 3.03. The summed E-state index contributed by atoms with van der Waals surface area (Å²) in [7, 11) is 0. The maximum Gasteiger partial charge on any atom is 0.337 e. The van der Waals surface area contributed by atoms with E-state index in [1.54, 1.807) is 12.1 Å². The number of hydrogen-bond donors (Lipinski definition) is 1. The van der Waals surface area contributed by atoms with Crippen LogP contribution < -0.4 is 0 Å². The van der Waals surface area contributed by atoms with Crippen LogP contribution in [0.25, 0.3) is 5.69 Å². The van der Waals surface area contributed by atoms with Crippen molar-refractivity contribution in [2.45, 2.75) is 25.7 Å². The van der Waals surface area contributed by atoms with E-state index in [4.69, 9.17) is 16.7 Å². The Hall–Kier alpha value is -1.81. The summed E-state index contributed by atoms with van der Waals surface area (Å²) in [5.41, 5.74) is 3.43. The minimum Gasteiger partial charge on any atom is -0.478 e. The van der Waals surface area contributed by atoms with Gasteiger partial charge in [0.1, 0.15) is 0 Å². The summed E-state index contributed by atoms with van der Waals surface area (Å²) in [6, 6.07) is 4.93. The number of aromatic nitrogens is 2. The van der Waals surface area contributed by atoms with Crippen LogP contribution >= 0.6 is 11.6 Å². The zero-order chi connectivity index (χ0) is 13.4. The van der Waals surface area contributed by atoms with Crippen LogP contribution in [0.15, 0.2) is 24.4 Å². The first-order valence-electron chi connectivity index (χ1n) is 6.26. The van der Waals surface area contributed by atoms with E-state index in [9.17, 15) is 4.79 Å². The van der Waals surface area contributed by atoms with Crippen LogP contribution in [-0.2, 0) is 12.8 Å². The van der Waals surface area contributed by atoms with Gasteiger partial charge in [0.2, 0.25) is 0 Å². The van der Waals surface area contributed by atoms with Crippen molar-refractivity contribution in [1.82, 2.24) is 9.78 Å². The number of nitrogens with zero attached hydrogens (tertiary/aromatic N) is 2. The molecule has 1 aliphatic rings. The van der Waals surface area contributed by atoms with Crippen LogP contribution in [0.3, 0.4) is 0 Å². The number of carboxylic acids is 1. The van der Waals surface area contributed by atoms with Crippen molar-refractivity contribution in [2.75, 3.05) is 0 Å². The third kappa shape index (κ3) is 2.12. The molecule has 1 aliphatic carbocycles. The number of aryl methyl sites for hydroxylation is 1. The average molecular weight is 277 g/mol. The number of carboxylic acid groups (broad SMARTS) is 1. The van der Waals surface area contributed by atoms with Gasteiger partial charge in [-0.1, -0.05) is 11.6 Å². The molecule has 0 saturated heterocycles. The Balaban J connectivity index is 2.05. The molecule has 0 amide bonds. The Labute approximate surface area is 115 Å². The number of benzene rings is 1. The van der Waals surface area contributed by atoms with Crippen LogP contribution in [0.5, 0.6) is 0 Å². The van der Waals surface area contributed by atoms with Gasteiger partial charge in [0.25, 0.3) is 0 Å².